The van der Waals surface area contributed by atoms with E-state index in [0.717, 1.165) is 43.5 Å². The fourth-order valence-electron chi connectivity index (χ4n) is 4.87. The molecule has 1 aromatic rings. The van der Waals surface area contributed by atoms with Crippen LogP contribution in [0.5, 0.6) is 0 Å². The largest absolute Gasteiger partial charge is 0.396 e. The minimum atomic E-state index is 0.0615. The molecule has 1 saturated heterocycles. The first-order valence-electron chi connectivity index (χ1n) is 10.7. The van der Waals surface area contributed by atoms with Crippen LogP contribution in [0.3, 0.4) is 0 Å². The quantitative estimate of drug-likeness (QED) is 0.582. The Hall–Kier alpha value is -1.31. The van der Waals surface area contributed by atoms with Crippen LogP contribution in [-0.4, -0.2) is 51.9 Å². The van der Waals surface area contributed by atoms with E-state index in [1.165, 1.54) is 12.8 Å². The predicted molar refractivity (Wildman–Crippen MR) is 113 cm³/mol. The van der Waals surface area contributed by atoms with Gasteiger partial charge in [0.1, 0.15) is 0 Å². The molecule has 3 aliphatic rings. The van der Waals surface area contributed by atoms with Crippen molar-refractivity contribution in [2.24, 2.45) is 11.8 Å². The highest BCUT2D eigenvalue weighted by atomic mass is 32.2. The summed E-state index contributed by atoms with van der Waals surface area (Å²) in [5, 5.41) is 20.4. The number of rotatable bonds is 6. The summed E-state index contributed by atoms with van der Waals surface area (Å²) in [6, 6.07) is 4.62. The Kier molecular flexibility index (Phi) is 6.75. The third-order valence-electron chi connectivity index (χ3n) is 6.50. The van der Waals surface area contributed by atoms with E-state index in [2.05, 4.69) is 20.9 Å². The van der Waals surface area contributed by atoms with Crippen molar-refractivity contribution in [1.29, 1.82) is 0 Å². The first-order chi connectivity index (χ1) is 13.7. The second kappa shape index (κ2) is 9.46. The van der Waals surface area contributed by atoms with Crippen LogP contribution in [0.4, 0.5) is 5.69 Å². The van der Waals surface area contributed by atoms with Crippen LogP contribution < -0.4 is 16.0 Å². The molecule has 4 N–H and O–H groups in total. The molecule has 2 saturated carbocycles. The van der Waals surface area contributed by atoms with E-state index in [1.807, 2.05) is 30.1 Å². The Morgan fingerprint density at radius 2 is 2.07 bits per heavy atom. The summed E-state index contributed by atoms with van der Waals surface area (Å²) in [4.78, 5) is 16.8. The maximum Gasteiger partial charge on any atom is 0.225 e. The fourth-order valence-corrected chi connectivity index (χ4v) is 6.12. The molecule has 4 atom stereocenters. The Labute approximate surface area is 171 Å². The number of carbonyl (C=O) groups excluding carboxylic acids is 1. The lowest BCUT2D eigenvalue weighted by atomic mass is 9.79. The van der Waals surface area contributed by atoms with E-state index in [0.29, 0.717) is 23.8 Å². The number of aromatic nitrogens is 1. The van der Waals surface area contributed by atoms with E-state index < -0.39 is 0 Å². The summed E-state index contributed by atoms with van der Waals surface area (Å²) in [6.45, 7) is 0.328. The van der Waals surface area contributed by atoms with Crippen molar-refractivity contribution in [2.75, 3.05) is 17.7 Å². The Morgan fingerprint density at radius 1 is 1.21 bits per heavy atom. The van der Waals surface area contributed by atoms with Gasteiger partial charge in [0.05, 0.1) is 17.8 Å². The molecule has 2 heterocycles. The molecule has 3 fully saturated rings. The number of carbonyl (C=O) groups is 1. The van der Waals surface area contributed by atoms with Crippen LogP contribution in [0.2, 0.25) is 0 Å². The normalized spacial score (nSPS) is 35.7. The van der Waals surface area contributed by atoms with Crippen LogP contribution in [0.15, 0.2) is 24.5 Å². The van der Waals surface area contributed by atoms with Gasteiger partial charge in [-0.3, -0.25) is 15.1 Å². The van der Waals surface area contributed by atoms with E-state index in [-0.39, 0.29) is 24.0 Å². The van der Waals surface area contributed by atoms with E-state index >= 15 is 0 Å². The third-order valence-corrected chi connectivity index (χ3v) is 7.97. The smallest absolute Gasteiger partial charge is 0.225 e. The van der Waals surface area contributed by atoms with E-state index in [9.17, 15) is 9.90 Å². The van der Waals surface area contributed by atoms with Crippen molar-refractivity contribution in [3.63, 3.8) is 0 Å². The fraction of sp³-hybridized carbons (Fsp3) is 0.714. The van der Waals surface area contributed by atoms with Crippen LogP contribution >= 0.6 is 11.8 Å². The molecule has 0 radical (unpaired) electrons. The molecule has 154 valence electrons. The van der Waals surface area contributed by atoms with Gasteiger partial charge < -0.3 is 15.7 Å². The van der Waals surface area contributed by atoms with Crippen LogP contribution in [-0.2, 0) is 4.79 Å². The summed E-state index contributed by atoms with van der Waals surface area (Å²) in [6.07, 6.45) is 11.2. The van der Waals surface area contributed by atoms with Gasteiger partial charge in [-0.15, -0.1) is 0 Å². The molecule has 0 spiro atoms. The summed E-state index contributed by atoms with van der Waals surface area (Å²) in [5.41, 5.74) is 1.05. The van der Waals surface area contributed by atoms with Gasteiger partial charge in [0.15, 0.2) is 0 Å². The Morgan fingerprint density at radius 3 is 2.82 bits per heavy atom. The highest BCUT2D eigenvalue weighted by Gasteiger charge is 2.40. The highest BCUT2D eigenvalue weighted by Crippen LogP contribution is 2.33. The van der Waals surface area contributed by atoms with Crippen molar-refractivity contribution in [2.45, 2.75) is 68.4 Å². The first kappa shape index (κ1) is 20.0. The maximum absolute atomic E-state index is 12.6. The molecule has 0 bridgehead atoms. The summed E-state index contributed by atoms with van der Waals surface area (Å²) in [7, 11) is 0. The molecule has 2 aliphatic carbocycles. The van der Waals surface area contributed by atoms with Crippen molar-refractivity contribution < 1.29 is 9.90 Å². The number of nitrogens with zero attached hydrogens (tertiary/aromatic N) is 1. The van der Waals surface area contributed by atoms with Crippen molar-refractivity contribution in [3.05, 3.63) is 24.5 Å². The molecule has 7 heteroatoms. The number of nitrogens with one attached hydrogen (secondary N) is 3. The molecule has 1 aromatic heterocycles. The number of aliphatic hydroxyl groups is 1. The molecular formula is C21H32N4O2S. The van der Waals surface area contributed by atoms with Gasteiger partial charge in [0, 0.05) is 42.1 Å². The topological polar surface area (TPSA) is 86.3 Å². The third kappa shape index (κ3) is 4.99. The number of anilines is 1. The molecule has 6 nitrogen and oxygen atoms in total. The molecule has 4 rings (SSSR count). The first-order valence-corrected chi connectivity index (χ1v) is 11.7. The lowest BCUT2D eigenvalue weighted by Crippen LogP contribution is -2.64. The lowest BCUT2D eigenvalue weighted by Gasteiger charge is -2.43. The SMILES string of the molecule is O=C1NC(CSC2CCC(CO)CC2)NC2CC(Nc3cccnc3)CCC12. The van der Waals surface area contributed by atoms with Crippen molar-refractivity contribution >= 4 is 23.4 Å². The monoisotopic (exact) mass is 404 g/mol. The van der Waals surface area contributed by atoms with Gasteiger partial charge in [0.2, 0.25) is 5.91 Å². The number of amides is 1. The number of hydrogen-bond acceptors (Lipinski definition) is 6. The number of thioether (sulfide) groups is 1. The van der Waals surface area contributed by atoms with Crippen LogP contribution in [0.1, 0.15) is 44.9 Å². The zero-order valence-electron chi connectivity index (χ0n) is 16.3. The van der Waals surface area contributed by atoms with Crippen LogP contribution in [0, 0.1) is 11.8 Å². The average molecular weight is 405 g/mol. The van der Waals surface area contributed by atoms with Gasteiger partial charge in [0.25, 0.3) is 0 Å². The Bertz CT molecular complexity index is 639. The summed E-state index contributed by atoms with van der Waals surface area (Å²) < 4.78 is 0. The number of pyridine rings is 1. The zero-order chi connectivity index (χ0) is 19.3. The minimum Gasteiger partial charge on any atom is -0.396 e. The highest BCUT2D eigenvalue weighted by molar-refractivity contribution is 7.99. The van der Waals surface area contributed by atoms with Gasteiger partial charge >= 0.3 is 0 Å². The zero-order valence-corrected chi connectivity index (χ0v) is 17.2. The average Bonchev–Trinajstić information content (AvgIpc) is 2.73. The number of hydrogen-bond donors (Lipinski definition) is 4. The maximum atomic E-state index is 12.6. The van der Waals surface area contributed by atoms with E-state index in [4.69, 9.17) is 0 Å². The predicted octanol–water partition coefficient (Wildman–Crippen LogP) is 2.36. The molecule has 28 heavy (non-hydrogen) atoms. The summed E-state index contributed by atoms with van der Waals surface area (Å²) >= 11 is 1.98. The standard InChI is InChI=1S/C21H32N4O2S/c26-12-14-3-6-17(7-4-14)28-13-20-24-19-10-15(5-8-18(19)21(27)25-20)23-16-2-1-9-22-11-16/h1-2,9,11,14-15,17-20,23-24,26H,3-8,10,12-13H2,(H,25,27). The molecule has 1 aliphatic heterocycles. The van der Waals surface area contributed by atoms with Gasteiger partial charge in [-0.05, 0) is 63.0 Å². The number of fused-ring (bicyclic) bond motifs is 1. The minimum absolute atomic E-state index is 0.0615. The molecular weight excluding hydrogens is 372 g/mol. The lowest BCUT2D eigenvalue weighted by molar-refractivity contribution is -0.130. The van der Waals surface area contributed by atoms with Crippen molar-refractivity contribution in [1.82, 2.24) is 15.6 Å². The summed E-state index contributed by atoms with van der Waals surface area (Å²) in [5.74, 6) is 1.73. The van der Waals surface area contributed by atoms with Gasteiger partial charge in [-0.1, -0.05) is 0 Å². The molecule has 4 unspecified atom stereocenters. The van der Waals surface area contributed by atoms with E-state index in [1.54, 1.807) is 6.20 Å². The molecule has 0 aromatic carbocycles. The molecule has 1 amide bonds. The van der Waals surface area contributed by atoms with Gasteiger partial charge in [-0.25, -0.2) is 0 Å². The Balaban J connectivity index is 1.26. The van der Waals surface area contributed by atoms with Crippen molar-refractivity contribution in [3.8, 4) is 0 Å². The number of aliphatic hydroxyl groups excluding tert-OH is 1. The second-order valence-electron chi connectivity index (χ2n) is 8.50. The van der Waals surface area contributed by atoms with Gasteiger partial charge in [-0.2, -0.15) is 11.8 Å². The second-order valence-corrected chi connectivity index (χ2v) is 9.83. The van der Waals surface area contributed by atoms with Crippen LogP contribution in [0.25, 0.3) is 0 Å².